The average Bonchev–Trinajstić information content (AvgIpc) is 1.94. The summed E-state index contributed by atoms with van der Waals surface area (Å²) in [4.78, 5) is 0. The normalized spacial score (nSPS) is 10.5. The lowest BCUT2D eigenvalue weighted by molar-refractivity contribution is 0.868. The fourth-order valence-electron chi connectivity index (χ4n) is 1.12. The molecule has 1 rings (SSSR count). The van der Waals surface area contributed by atoms with Crippen molar-refractivity contribution in [2.75, 3.05) is 0 Å². The maximum atomic E-state index is 2.28. The Bertz CT molecular complexity index is 254. The number of benzene rings is 1. The Hall–Kier alpha value is -0.650. The van der Waals surface area contributed by atoms with Crippen LogP contribution in [0.15, 0.2) is 18.2 Å². The van der Waals surface area contributed by atoms with Gasteiger partial charge >= 0.3 is 0 Å². The van der Waals surface area contributed by atoms with Crippen LogP contribution in [0.2, 0.25) is 0 Å². The topological polar surface area (TPSA) is 0 Å². The van der Waals surface area contributed by atoms with Crippen molar-refractivity contribution < 1.29 is 0 Å². The molecule has 0 spiro atoms. The van der Waals surface area contributed by atoms with Gasteiger partial charge in [0, 0.05) is 0 Å². The third-order valence-electron chi connectivity index (χ3n) is 2.20. The maximum absolute atomic E-state index is 2.28. The van der Waals surface area contributed by atoms with Crippen molar-refractivity contribution in [1.82, 2.24) is 0 Å². The second-order valence-corrected chi connectivity index (χ2v) is 3.50. The minimum absolute atomic E-state index is 0.647. The summed E-state index contributed by atoms with van der Waals surface area (Å²) in [6.07, 6.45) is 0. The van der Waals surface area contributed by atoms with Crippen molar-refractivity contribution in [3.8, 4) is 0 Å². The van der Waals surface area contributed by atoms with Crippen molar-refractivity contribution in [2.24, 2.45) is 0 Å². The molecule has 0 saturated heterocycles. The average molecular weight is 144 g/mol. The minimum atomic E-state index is 0.647. The van der Waals surface area contributed by atoms with Crippen LogP contribution in [0.4, 0.5) is 0 Å². The Morgan fingerprint density at radius 1 is 1.09 bits per heavy atom. The molecule has 0 aromatic heterocycles. The maximum Gasteiger partial charge on any atom is 0.138 e. The fraction of sp³-hybridized carbons (Fsp3) is 0.333. The first-order valence-corrected chi connectivity index (χ1v) is 4.18. The van der Waals surface area contributed by atoms with Gasteiger partial charge in [-0.2, -0.15) is 0 Å². The van der Waals surface area contributed by atoms with Crippen LogP contribution < -0.4 is 10.9 Å². The highest BCUT2D eigenvalue weighted by atomic mass is 14.0. The van der Waals surface area contributed by atoms with E-state index in [1.807, 2.05) is 0 Å². The lowest BCUT2D eigenvalue weighted by Crippen LogP contribution is -2.25. The van der Waals surface area contributed by atoms with E-state index >= 15 is 0 Å². The van der Waals surface area contributed by atoms with Gasteiger partial charge in [-0.15, -0.1) is 0 Å². The third-order valence-corrected chi connectivity index (χ3v) is 2.20. The lowest BCUT2D eigenvalue weighted by Gasteiger charge is -2.07. The van der Waals surface area contributed by atoms with Crippen molar-refractivity contribution in [3.05, 3.63) is 23.8 Å². The summed E-state index contributed by atoms with van der Waals surface area (Å²) in [6, 6.07) is 6.69. The molecule has 0 unspecified atom stereocenters. The Balaban J connectivity index is 3.05. The van der Waals surface area contributed by atoms with Gasteiger partial charge in [0.05, 0.1) is 0 Å². The largest absolute Gasteiger partial charge is 0.138 e. The van der Waals surface area contributed by atoms with Crippen LogP contribution in [-0.4, -0.2) is 15.7 Å². The molecule has 0 amide bonds. The predicted molar refractivity (Wildman–Crippen MR) is 56.9 cm³/mol. The quantitative estimate of drug-likeness (QED) is 0.458. The van der Waals surface area contributed by atoms with Gasteiger partial charge in [0.1, 0.15) is 15.7 Å². The highest BCUT2D eigenvalue weighted by Crippen LogP contribution is 2.10. The van der Waals surface area contributed by atoms with E-state index in [0.717, 1.165) is 0 Å². The predicted octanol–water partition coefficient (Wildman–Crippen LogP) is -0.673. The second kappa shape index (κ2) is 3.17. The molecule has 0 radical (unpaired) electrons. The molecule has 1 aromatic rings. The van der Waals surface area contributed by atoms with Crippen LogP contribution in [0.25, 0.3) is 0 Å². The van der Waals surface area contributed by atoms with E-state index in [1.54, 1.807) is 0 Å². The van der Waals surface area contributed by atoms with E-state index in [1.165, 1.54) is 16.5 Å². The number of hydrogen-bond acceptors (Lipinski definition) is 0. The van der Waals surface area contributed by atoms with Crippen LogP contribution in [-0.2, 0) is 0 Å². The standard InChI is InChI=1S/C9H14B2/c1-6(2)7-3-4-8(10)9(11)5-7/h3-6H,10-11H2,1-2H3. The van der Waals surface area contributed by atoms with Gasteiger partial charge in [-0.05, 0) is 11.5 Å². The molecule has 0 atom stereocenters. The fourth-order valence-corrected chi connectivity index (χ4v) is 1.12. The van der Waals surface area contributed by atoms with Gasteiger partial charge in [0.2, 0.25) is 0 Å². The molecule has 1 aromatic carbocycles. The van der Waals surface area contributed by atoms with Crippen LogP contribution in [0.1, 0.15) is 25.3 Å². The zero-order valence-corrected chi connectivity index (χ0v) is 7.81. The molecular weight excluding hydrogens is 130 g/mol. The molecule has 0 heterocycles. The van der Waals surface area contributed by atoms with Crippen LogP contribution in [0.3, 0.4) is 0 Å². The van der Waals surface area contributed by atoms with Crippen LogP contribution >= 0.6 is 0 Å². The van der Waals surface area contributed by atoms with E-state index in [-0.39, 0.29) is 0 Å². The van der Waals surface area contributed by atoms with Gasteiger partial charge in [-0.1, -0.05) is 43.0 Å². The Kier molecular flexibility index (Phi) is 2.43. The number of hydrogen-bond donors (Lipinski definition) is 0. The van der Waals surface area contributed by atoms with Crippen LogP contribution in [0.5, 0.6) is 0 Å². The van der Waals surface area contributed by atoms with Gasteiger partial charge in [-0.25, -0.2) is 0 Å². The summed E-state index contributed by atoms with van der Waals surface area (Å²) in [7, 11) is 4.32. The molecule has 0 fully saturated rings. The summed E-state index contributed by atoms with van der Waals surface area (Å²) in [6.45, 7) is 4.45. The summed E-state index contributed by atoms with van der Waals surface area (Å²) in [5.41, 5.74) is 4.22. The molecule has 2 heteroatoms. The SMILES string of the molecule is Bc1ccc(C(C)C)cc1B. The molecule has 0 saturated carbocycles. The van der Waals surface area contributed by atoms with Crippen molar-refractivity contribution >= 4 is 26.6 Å². The molecule has 0 nitrogen and oxygen atoms in total. The summed E-state index contributed by atoms with van der Waals surface area (Å²) in [5.74, 6) is 0.647. The summed E-state index contributed by atoms with van der Waals surface area (Å²) < 4.78 is 0. The van der Waals surface area contributed by atoms with Crippen LogP contribution in [0, 0.1) is 0 Å². The van der Waals surface area contributed by atoms with E-state index in [2.05, 4.69) is 47.7 Å². The molecule has 11 heavy (non-hydrogen) atoms. The first-order valence-electron chi connectivity index (χ1n) is 4.18. The molecule has 0 aliphatic heterocycles. The highest BCUT2D eigenvalue weighted by molar-refractivity contribution is 6.48. The zero-order valence-electron chi connectivity index (χ0n) is 7.81. The lowest BCUT2D eigenvalue weighted by atomic mass is 9.79. The monoisotopic (exact) mass is 144 g/mol. The molecule has 0 bridgehead atoms. The Morgan fingerprint density at radius 3 is 2.18 bits per heavy atom. The van der Waals surface area contributed by atoms with Crippen molar-refractivity contribution in [3.63, 3.8) is 0 Å². The smallest absolute Gasteiger partial charge is 0.0951 e. The summed E-state index contributed by atoms with van der Waals surface area (Å²) in [5, 5.41) is 0. The first-order chi connectivity index (χ1) is 5.11. The second-order valence-electron chi connectivity index (χ2n) is 3.50. The minimum Gasteiger partial charge on any atom is -0.0951 e. The Morgan fingerprint density at radius 2 is 1.73 bits per heavy atom. The van der Waals surface area contributed by atoms with Gasteiger partial charge < -0.3 is 0 Å². The zero-order chi connectivity index (χ0) is 8.43. The van der Waals surface area contributed by atoms with E-state index in [4.69, 9.17) is 0 Å². The highest BCUT2D eigenvalue weighted by Gasteiger charge is 1.99. The van der Waals surface area contributed by atoms with Gasteiger partial charge in [0.15, 0.2) is 0 Å². The molecule has 0 aliphatic carbocycles. The summed E-state index contributed by atoms with van der Waals surface area (Å²) >= 11 is 0. The first kappa shape index (κ1) is 8.45. The molecule has 0 N–H and O–H groups in total. The van der Waals surface area contributed by atoms with Crippen molar-refractivity contribution in [1.29, 1.82) is 0 Å². The number of rotatable bonds is 1. The van der Waals surface area contributed by atoms with E-state index in [0.29, 0.717) is 5.92 Å². The molecule has 56 valence electrons. The van der Waals surface area contributed by atoms with Crippen molar-refractivity contribution in [2.45, 2.75) is 19.8 Å². The van der Waals surface area contributed by atoms with Gasteiger partial charge in [-0.3, -0.25) is 0 Å². The van der Waals surface area contributed by atoms with E-state index < -0.39 is 0 Å². The van der Waals surface area contributed by atoms with E-state index in [9.17, 15) is 0 Å². The third kappa shape index (κ3) is 1.89. The van der Waals surface area contributed by atoms with Gasteiger partial charge in [0.25, 0.3) is 0 Å². The molecule has 0 aliphatic rings. The Labute approximate surface area is 70.8 Å². The molecular formula is C9H14B2.